The van der Waals surface area contributed by atoms with Crippen LogP contribution in [-0.2, 0) is 4.79 Å². The first kappa shape index (κ1) is 12.9. The van der Waals surface area contributed by atoms with Gasteiger partial charge in [0, 0.05) is 41.2 Å². The summed E-state index contributed by atoms with van der Waals surface area (Å²) in [6.07, 6.45) is 2.19. The van der Waals surface area contributed by atoms with Crippen LogP contribution in [0.5, 0.6) is 5.88 Å². The van der Waals surface area contributed by atoms with E-state index in [1.807, 2.05) is 36.4 Å². The molecular weight excluding hydrogens is 278 g/mol. The molecule has 5 heteroatoms. The molecule has 1 unspecified atom stereocenters. The zero-order chi connectivity index (χ0) is 15.1. The molecule has 1 aliphatic rings. The molecule has 110 valence electrons. The highest BCUT2D eigenvalue weighted by atomic mass is 16.5. The standard InChI is InChI=1S/C17H15N3O2/c1-22-15-7-6-10(9-18-15)12-8-14(21)20-16-11-4-2-3-5-13(11)19-17(12)16/h2-7,9,12,19H,8H2,1H3,(H,20,21). The highest BCUT2D eigenvalue weighted by Gasteiger charge is 2.29. The van der Waals surface area contributed by atoms with Gasteiger partial charge in [0.05, 0.1) is 12.8 Å². The van der Waals surface area contributed by atoms with Crippen molar-refractivity contribution < 1.29 is 9.53 Å². The van der Waals surface area contributed by atoms with Gasteiger partial charge in [-0.25, -0.2) is 4.98 Å². The number of carbonyl (C=O) groups excluding carboxylic acids is 1. The number of hydrogen-bond acceptors (Lipinski definition) is 3. The average molecular weight is 293 g/mol. The lowest BCUT2D eigenvalue weighted by atomic mass is 9.90. The molecule has 3 heterocycles. The zero-order valence-electron chi connectivity index (χ0n) is 12.1. The molecule has 0 saturated carbocycles. The summed E-state index contributed by atoms with van der Waals surface area (Å²) < 4.78 is 5.10. The molecule has 1 atom stereocenters. The number of pyridine rings is 1. The molecule has 0 fully saturated rings. The number of benzene rings is 1. The van der Waals surface area contributed by atoms with Gasteiger partial charge >= 0.3 is 0 Å². The van der Waals surface area contributed by atoms with Crippen molar-refractivity contribution in [2.24, 2.45) is 0 Å². The summed E-state index contributed by atoms with van der Waals surface area (Å²) in [4.78, 5) is 19.8. The second-order valence-electron chi connectivity index (χ2n) is 5.40. The summed E-state index contributed by atoms with van der Waals surface area (Å²) in [5.74, 6) is 0.577. The third-order valence-electron chi connectivity index (χ3n) is 4.11. The monoisotopic (exact) mass is 293 g/mol. The molecule has 1 amide bonds. The third-order valence-corrected chi connectivity index (χ3v) is 4.11. The van der Waals surface area contributed by atoms with E-state index in [9.17, 15) is 4.79 Å². The van der Waals surface area contributed by atoms with Crippen LogP contribution >= 0.6 is 0 Å². The molecular formula is C17H15N3O2. The largest absolute Gasteiger partial charge is 0.481 e. The van der Waals surface area contributed by atoms with Crippen LogP contribution in [0.15, 0.2) is 42.6 Å². The minimum atomic E-state index is -0.0189. The number of hydrogen-bond donors (Lipinski definition) is 2. The van der Waals surface area contributed by atoms with Crippen LogP contribution in [0.25, 0.3) is 10.9 Å². The highest BCUT2D eigenvalue weighted by Crippen LogP contribution is 2.40. The van der Waals surface area contributed by atoms with Crippen molar-refractivity contribution in [3.05, 3.63) is 53.9 Å². The van der Waals surface area contributed by atoms with E-state index in [0.717, 1.165) is 27.8 Å². The van der Waals surface area contributed by atoms with Gasteiger partial charge in [0.15, 0.2) is 0 Å². The van der Waals surface area contributed by atoms with Crippen LogP contribution in [0.2, 0.25) is 0 Å². The Morgan fingerprint density at radius 3 is 2.86 bits per heavy atom. The lowest BCUT2D eigenvalue weighted by molar-refractivity contribution is -0.116. The molecule has 2 N–H and O–H groups in total. The van der Waals surface area contributed by atoms with E-state index in [1.54, 1.807) is 13.3 Å². The van der Waals surface area contributed by atoms with Crippen LogP contribution in [0.3, 0.4) is 0 Å². The molecule has 22 heavy (non-hydrogen) atoms. The third kappa shape index (κ3) is 1.94. The summed E-state index contributed by atoms with van der Waals surface area (Å²) in [5.41, 5.74) is 3.95. The number of aromatic nitrogens is 2. The Balaban J connectivity index is 1.86. The SMILES string of the molecule is COc1ccc(C2CC(=O)Nc3c2[nH]c2ccccc32)cn1. The lowest BCUT2D eigenvalue weighted by Crippen LogP contribution is -2.23. The number of nitrogens with one attached hydrogen (secondary N) is 2. The number of nitrogens with zero attached hydrogens (tertiary/aromatic N) is 1. The Hall–Kier alpha value is -2.82. The number of ether oxygens (including phenoxy) is 1. The first-order valence-electron chi connectivity index (χ1n) is 7.16. The number of rotatable bonds is 2. The fraction of sp³-hybridized carbons (Fsp3) is 0.176. The quantitative estimate of drug-likeness (QED) is 0.763. The van der Waals surface area contributed by atoms with Crippen LogP contribution in [0.4, 0.5) is 5.69 Å². The lowest BCUT2D eigenvalue weighted by Gasteiger charge is -2.23. The van der Waals surface area contributed by atoms with E-state index in [-0.39, 0.29) is 11.8 Å². The zero-order valence-corrected chi connectivity index (χ0v) is 12.1. The molecule has 3 aromatic rings. The van der Waals surface area contributed by atoms with Gasteiger partial charge in [-0.2, -0.15) is 0 Å². The number of H-pyrrole nitrogens is 1. The number of anilines is 1. The van der Waals surface area contributed by atoms with Crippen molar-refractivity contribution in [2.75, 3.05) is 12.4 Å². The fourth-order valence-electron chi connectivity index (χ4n) is 3.04. The number of amides is 1. The van der Waals surface area contributed by atoms with Crippen molar-refractivity contribution in [1.82, 2.24) is 9.97 Å². The molecule has 1 aliphatic heterocycles. The number of carbonyl (C=O) groups is 1. The van der Waals surface area contributed by atoms with Crippen molar-refractivity contribution in [2.45, 2.75) is 12.3 Å². The smallest absolute Gasteiger partial charge is 0.225 e. The van der Waals surface area contributed by atoms with Gasteiger partial charge in [0.25, 0.3) is 0 Å². The molecule has 0 radical (unpaired) electrons. The van der Waals surface area contributed by atoms with E-state index in [2.05, 4.69) is 15.3 Å². The summed E-state index contributed by atoms with van der Waals surface area (Å²) in [5, 5.41) is 4.03. The Morgan fingerprint density at radius 1 is 1.23 bits per heavy atom. The predicted molar refractivity (Wildman–Crippen MR) is 84.2 cm³/mol. The van der Waals surface area contributed by atoms with Gasteiger partial charge in [0.2, 0.25) is 11.8 Å². The number of fused-ring (bicyclic) bond motifs is 3. The van der Waals surface area contributed by atoms with Gasteiger partial charge in [-0.1, -0.05) is 24.3 Å². The Bertz CT molecular complexity index is 852. The maximum Gasteiger partial charge on any atom is 0.225 e. The van der Waals surface area contributed by atoms with E-state index in [4.69, 9.17) is 4.74 Å². The summed E-state index contributed by atoms with van der Waals surface area (Å²) in [6, 6.07) is 11.8. The number of para-hydroxylation sites is 1. The van der Waals surface area contributed by atoms with Gasteiger partial charge < -0.3 is 15.0 Å². The molecule has 5 nitrogen and oxygen atoms in total. The second kappa shape index (κ2) is 4.87. The van der Waals surface area contributed by atoms with Crippen molar-refractivity contribution >= 4 is 22.5 Å². The first-order valence-corrected chi connectivity index (χ1v) is 7.16. The maximum atomic E-state index is 12.1. The fourth-order valence-corrected chi connectivity index (χ4v) is 3.04. The molecule has 2 aromatic heterocycles. The summed E-state index contributed by atoms with van der Waals surface area (Å²) in [7, 11) is 1.59. The average Bonchev–Trinajstić information content (AvgIpc) is 2.93. The van der Waals surface area contributed by atoms with Gasteiger partial charge in [-0.15, -0.1) is 0 Å². The first-order chi connectivity index (χ1) is 10.8. The minimum absolute atomic E-state index is 0.0189. The molecule has 0 bridgehead atoms. The molecule has 1 aromatic carbocycles. The van der Waals surface area contributed by atoms with E-state index >= 15 is 0 Å². The van der Waals surface area contributed by atoms with E-state index in [0.29, 0.717) is 12.3 Å². The molecule has 0 saturated heterocycles. The van der Waals surface area contributed by atoms with Crippen molar-refractivity contribution in [1.29, 1.82) is 0 Å². The van der Waals surface area contributed by atoms with Crippen LogP contribution in [-0.4, -0.2) is 23.0 Å². The van der Waals surface area contributed by atoms with E-state index in [1.165, 1.54) is 0 Å². The van der Waals surface area contributed by atoms with Gasteiger partial charge in [0.1, 0.15) is 0 Å². The number of aromatic amines is 1. The molecule has 0 aliphatic carbocycles. The second-order valence-corrected chi connectivity index (χ2v) is 5.40. The van der Waals surface area contributed by atoms with Crippen LogP contribution < -0.4 is 10.1 Å². The Kier molecular flexibility index (Phi) is 2.85. The highest BCUT2D eigenvalue weighted by molar-refractivity contribution is 6.05. The topological polar surface area (TPSA) is 67.0 Å². The predicted octanol–water partition coefficient (Wildman–Crippen LogP) is 3.05. The normalized spacial score (nSPS) is 17.1. The van der Waals surface area contributed by atoms with Crippen molar-refractivity contribution in [3.63, 3.8) is 0 Å². The van der Waals surface area contributed by atoms with Crippen LogP contribution in [0.1, 0.15) is 23.6 Å². The Morgan fingerprint density at radius 2 is 2.09 bits per heavy atom. The Labute approximate surface area is 127 Å². The molecule has 4 rings (SSSR count). The van der Waals surface area contributed by atoms with Gasteiger partial charge in [-0.3, -0.25) is 4.79 Å². The molecule has 0 spiro atoms. The summed E-state index contributed by atoms with van der Waals surface area (Å²) in [6.45, 7) is 0. The number of methoxy groups -OCH3 is 1. The summed E-state index contributed by atoms with van der Waals surface area (Å²) >= 11 is 0. The van der Waals surface area contributed by atoms with Gasteiger partial charge in [-0.05, 0) is 11.6 Å². The van der Waals surface area contributed by atoms with Crippen molar-refractivity contribution in [3.8, 4) is 5.88 Å². The van der Waals surface area contributed by atoms with E-state index < -0.39 is 0 Å². The maximum absolute atomic E-state index is 12.1. The van der Waals surface area contributed by atoms with Crippen LogP contribution in [0, 0.1) is 0 Å². The minimum Gasteiger partial charge on any atom is -0.481 e.